The van der Waals surface area contributed by atoms with Gasteiger partial charge in [0, 0.05) is 18.6 Å². The zero-order valence-corrected chi connectivity index (χ0v) is 11.3. The number of benzene rings is 1. The first-order valence-electron chi connectivity index (χ1n) is 7.33. The van der Waals surface area contributed by atoms with Gasteiger partial charge in [0.05, 0.1) is 0 Å². The average Bonchev–Trinajstić information content (AvgIpc) is 3.09. The number of nitrogens with one attached hydrogen (secondary N) is 1. The van der Waals surface area contributed by atoms with Crippen molar-refractivity contribution in [2.24, 2.45) is 5.92 Å². The Bertz CT molecular complexity index is 368. The maximum absolute atomic E-state index is 3.80. The summed E-state index contributed by atoms with van der Waals surface area (Å²) in [4.78, 5) is 2.59. The minimum Gasteiger partial charge on any atom is -0.311 e. The largest absolute Gasteiger partial charge is 0.311 e. The first kappa shape index (κ1) is 12.2. The average molecular weight is 244 g/mol. The zero-order valence-electron chi connectivity index (χ0n) is 11.3. The first-order valence-corrected chi connectivity index (χ1v) is 7.33. The molecule has 98 valence electrons. The highest BCUT2D eigenvalue weighted by Crippen LogP contribution is 2.30. The lowest BCUT2D eigenvalue weighted by molar-refractivity contribution is 0.189. The van der Waals surface area contributed by atoms with E-state index in [9.17, 15) is 0 Å². The lowest BCUT2D eigenvalue weighted by atomic mass is 10.0. The van der Waals surface area contributed by atoms with Gasteiger partial charge in [-0.15, -0.1) is 0 Å². The molecule has 1 aromatic carbocycles. The summed E-state index contributed by atoms with van der Waals surface area (Å²) >= 11 is 0. The topological polar surface area (TPSA) is 15.3 Å². The van der Waals surface area contributed by atoms with E-state index in [-0.39, 0.29) is 0 Å². The van der Waals surface area contributed by atoms with Crippen LogP contribution in [0.2, 0.25) is 0 Å². The molecule has 0 radical (unpaired) electrons. The van der Waals surface area contributed by atoms with E-state index >= 15 is 0 Å². The third kappa shape index (κ3) is 3.12. The summed E-state index contributed by atoms with van der Waals surface area (Å²) in [6, 6.07) is 12.4. The minimum atomic E-state index is 0.770. The van der Waals surface area contributed by atoms with E-state index in [4.69, 9.17) is 0 Å². The van der Waals surface area contributed by atoms with Crippen molar-refractivity contribution in [3.05, 3.63) is 35.9 Å². The molecule has 2 fully saturated rings. The summed E-state index contributed by atoms with van der Waals surface area (Å²) in [5.41, 5.74) is 1.44. The van der Waals surface area contributed by atoms with Crippen molar-refractivity contribution in [2.45, 2.75) is 44.8 Å². The van der Waals surface area contributed by atoms with Crippen LogP contribution in [0.4, 0.5) is 0 Å². The summed E-state index contributed by atoms with van der Waals surface area (Å²) in [5.74, 6) is 0.923. The highest BCUT2D eigenvalue weighted by Gasteiger charge is 2.34. The van der Waals surface area contributed by atoms with E-state index in [2.05, 4.69) is 47.5 Å². The molecule has 2 aliphatic rings. The summed E-state index contributed by atoms with van der Waals surface area (Å²) in [6.45, 7) is 5.96. The number of rotatable bonds is 4. The first-order chi connectivity index (χ1) is 8.81. The molecule has 1 aromatic rings. The van der Waals surface area contributed by atoms with Gasteiger partial charge in [0.2, 0.25) is 0 Å². The van der Waals surface area contributed by atoms with E-state index in [0.29, 0.717) is 0 Å². The van der Waals surface area contributed by atoms with Crippen LogP contribution >= 0.6 is 0 Å². The van der Waals surface area contributed by atoms with Crippen LogP contribution in [0.25, 0.3) is 0 Å². The van der Waals surface area contributed by atoms with Gasteiger partial charge in [-0.1, -0.05) is 37.3 Å². The molecule has 2 heteroatoms. The second-order valence-corrected chi connectivity index (χ2v) is 6.02. The summed E-state index contributed by atoms with van der Waals surface area (Å²) in [7, 11) is 0. The molecule has 1 saturated carbocycles. The predicted octanol–water partition coefficient (Wildman–Crippen LogP) is 2.65. The number of nitrogens with zero attached hydrogens (tertiary/aromatic N) is 1. The fraction of sp³-hybridized carbons (Fsp3) is 0.625. The molecule has 1 aliphatic carbocycles. The van der Waals surface area contributed by atoms with Crippen molar-refractivity contribution < 1.29 is 0 Å². The Labute approximate surface area is 110 Å². The molecule has 18 heavy (non-hydrogen) atoms. The predicted molar refractivity (Wildman–Crippen MR) is 75.4 cm³/mol. The van der Waals surface area contributed by atoms with Gasteiger partial charge in [0.1, 0.15) is 0 Å². The standard InChI is InChI=1S/C16H24N2/c1-13-11-16(13)17-15-7-9-18(10-8-15)12-14-5-3-2-4-6-14/h2-6,13,15-17H,7-12H2,1H3. The summed E-state index contributed by atoms with van der Waals surface area (Å²) in [5, 5.41) is 3.80. The van der Waals surface area contributed by atoms with E-state index in [1.54, 1.807) is 0 Å². The van der Waals surface area contributed by atoms with Crippen LogP contribution in [0.3, 0.4) is 0 Å². The van der Waals surface area contributed by atoms with Gasteiger partial charge in [-0.2, -0.15) is 0 Å². The molecule has 0 amide bonds. The second kappa shape index (κ2) is 5.41. The molecule has 1 heterocycles. The molecule has 2 nitrogen and oxygen atoms in total. The zero-order chi connectivity index (χ0) is 12.4. The van der Waals surface area contributed by atoms with Crippen LogP contribution in [-0.2, 0) is 6.54 Å². The van der Waals surface area contributed by atoms with Crippen LogP contribution in [0.15, 0.2) is 30.3 Å². The molecule has 2 atom stereocenters. The number of likely N-dealkylation sites (tertiary alicyclic amines) is 1. The number of hydrogen-bond acceptors (Lipinski definition) is 2. The Balaban J connectivity index is 1.42. The third-order valence-corrected chi connectivity index (χ3v) is 4.40. The van der Waals surface area contributed by atoms with Crippen molar-refractivity contribution in [1.29, 1.82) is 0 Å². The monoisotopic (exact) mass is 244 g/mol. The Kier molecular flexibility index (Phi) is 3.67. The van der Waals surface area contributed by atoms with Crippen LogP contribution in [0.1, 0.15) is 31.7 Å². The fourth-order valence-electron chi connectivity index (χ4n) is 2.96. The van der Waals surface area contributed by atoms with E-state index in [1.165, 1.54) is 37.9 Å². The molecule has 2 unspecified atom stereocenters. The van der Waals surface area contributed by atoms with Gasteiger partial charge in [0.15, 0.2) is 0 Å². The molecular weight excluding hydrogens is 220 g/mol. The lowest BCUT2D eigenvalue weighted by Gasteiger charge is -2.32. The Morgan fingerprint density at radius 1 is 1.17 bits per heavy atom. The lowest BCUT2D eigenvalue weighted by Crippen LogP contribution is -2.43. The highest BCUT2D eigenvalue weighted by molar-refractivity contribution is 5.14. The summed E-state index contributed by atoms with van der Waals surface area (Å²) < 4.78 is 0. The maximum atomic E-state index is 3.80. The molecule has 0 aromatic heterocycles. The van der Waals surface area contributed by atoms with Crippen molar-refractivity contribution in [3.63, 3.8) is 0 Å². The van der Waals surface area contributed by atoms with E-state index in [1.807, 2.05) is 0 Å². The van der Waals surface area contributed by atoms with Crippen molar-refractivity contribution >= 4 is 0 Å². The quantitative estimate of drug-likeness (QED) is 0.876. The van der Waals surface area contributed by atoms with Gasteiger partial charge in [-0.25, -0.2) is 0 Å². The molecule has 3 rings (SSSR count). The van der Waals surface area contributed by atoms with Crippen LogP contribution in [0.5, 0.6) is 0 Å². The molecule has 0 bridgehead atoms. The second-order valence-electron chi connectivity index (χ2n) is 6.02. The summed E-state index contributed by atoms with van der Waals surface area (Å²) in [6.07, 6.45) is 4.02. The van der Waals surface area contributed by atoms with Crippen molar-refractivity contribution in [3.8, 4) is 0 Å². The molecule has 0 spiro atoms. The smallest absolute Gasteiger partial charge is 0.0233 e. The Morgan fingerprint density at radius 2 is 1.83 bits per heavy atom. The molecular formula is C16H24N2. The Hall–Kier alpha value is -0.860. The molecule has 1 N–H and O–H groups in total. The number of hydrogen-bond donors (Lipinski definition) is 1. The van der Waals surface area contributed by atoms with Crippen LogP contribution in [0, 0.1) is 5.92 Å². The van der Waals surface area contributed by atoms with Gasteiger partial charge in [-0.3, -0.25) is 4.90 Å². The number of piperidine rings is 1. The highest BCUT2D eigenvalue weighted by atomic mass is 15.1. The van der Waals surface area contributed by atoms with Gasteiger partial charge >= 0.3 is 0 Å². The normalized spacial score (nSPS) is 29.4. The third-order valence-electron chi connectivity index (χ3n) is 4.40. The minimum absolute atomic E-state index is 0.770. The SMILES string of the molecule is CC1CC1NC1CCN(Cc2ccccc2)CC1. The van der Waals surface area contributed by atoms with Gasteiger partial charge < -0.3 is 5.32 Å². The van der Waals surface area contributed by atoms with Gasteiger partial charge in [0.25, 0.3) is 0 Å². The maximum Gasteiger partial charge on any atom is 0.0233 e. The van der Waals surface area contributed by atoms with Crippen LogP contribution < -0.4 is 5.32 Å². The molecule has 1 aliphatic heterocycles. The van der Waals surface area contributed by atoms with Crippen molar-refractivity contribution in [1.82, 2.24) is 10.2 Å². The van der Waals surface area contributed by atoms with E-state index < -0.39 is 0 Å². The van der Waals surface area contributed by atoms with Gasteiger partial charge in [-0.05, 0) is 43.8 Å². The fourth-order valence-corrected chi connectivity index (χ4v) is 2.96. The van der Waals surface area contributed by atoms with Crippen molar-refractivity contribution in [2.75, 3.05) is 13.1 Å². The molecule has 1 saturated heterocycles. The van der Waals surface area contributed by atoms with Crippen LogP contribution in [-0.4, -0.2) is 30.1 Å². The van der Waals surface area contributed by atoms with E-state index in [0.717, 1.165) is 24.5 Å². The Morgan fingerprint density at radius 3 is 2.44 bits per heavy atom.